The first-order valence-corrected chi connectivity index (χ1v) is 7.28. The third kappa shape index (κ3) is 3.64. The Hall–Kier alpha value is -1.36. The Kier molecular flexibility index (Phi) is 5.04. The zero-order valence-corrected chi connectivity index (χ0v) is 13.5. The molecule has 0 unspecified atom stereocenters. The predicted molar refractivity (Wildman–Crippen MR) is 83.3 cm³/mol. The fraction of sp³-hybridized carbons (Fsp3) is 0.333. The van der Waals surface area contributed by atoms with Gasteiger partial charge < -0.3 is 9.84 Å². The van der Waals surface area contributed by atoms with E-state index in [-0.39, 0.29) is 6.61 Å². The number of hydrogen-bond donors (Lipinski definition) is 1. The molecule has 0 aliphatic rings. The summed E-state index contributed by atoms with van der Waals surface area (Å²) in [4.78, 5) is 0. The molecule has 0 radical (unpaired) electrons. The zero-order valence-electron chi connectivity index (χ0n) is 12.0. The molecule has 1 N–H and O–H groups in total. The Morgan fingerprint density at radius 2 is 1.76 bits per heavy atom. The van der Waals surface area contributed by atoms with Gasteiger partial charge in [-0.05, 0) is 36.1 Å². The van der Waals surface area contributed by atoms with E-state index < -0.39 is 0 Å². The summed E-state index contributed by atoms with van der Waals surface area (Å²) in [7, 11) is 0. The van der Waals surface area contributed by atoms with Crippen molar-refractivity contribution in [2.24, 2.45) is 0 Å². The van der Waals surface area contributed by atoms with Crippen molar-refractivity contribution in [1.29, 1.82) is 0 Å². The lowest BCUT2D eigenvalue weighted by Crippen LogP contribution is -2.00. The Morgan fingerprint density at radius 1 is 1.14 bits per heavy atom. The molecule has 0 amide bonds. The van der Waals surface area contributed by atoms with E-state index in [0.717, 1.165) is 11.3 Å². The molecular formula is C15H16Cl2N2O2. The Labute approximate surface area is 133 Å². The quantitative estimate of drug-likeness (QED) is 0.898. The van der Waals surface area contributed by atoms with E-state index in [1.165, 1.54) is 0 Å². The van der Waals surface area contributed by atoms with Crippen LogP contribution in [0.15, 0.2) is 18.2 Å². The zero-order chi connectivity index (χ0) is 15.6. The summed E-state index contributed by atoms with van der Waals surface area (Å²) in [6.07, 6.45) is 0. The van der Waals surface area contributed by atoms with Gasteiger partial charge in [-0.15, -0.1) is 5.10 Å². The molecule has 6 heteroatoms. The van der Waals surface area contributed by atoms with E-state index in [1.807, 2.05) is 13.0 Å². The highest BCUT2D eigenvalue weighted by molar-refractivity contribution is 6.37. The maximum atomic E-state index is 9.11. The van der Waals surface area contributed by atoms with E-state index in [0.29, 0.717) is 33.2 Å². The molecule has 0 saturated carbocycles. The van der Waals surface area contributed by atoms with E-state index in [1.54, 1.807) is 12.1 Å². The van der Waals surface area contributed by atoms with Crippen molar-refractivity contribution in [3.05, 3.63) is 45.1 Å². The number of aliphatic hydroxyl groups excluding tert-OH is 1. The van der Waals surface area contributed by atoms with Crippen LogP contribution >= 0.6 is 23.2 Å². The van der Waals surface area contributed by atoms with Gasteiger partial charge in [0, 0.05) is 6.07 Å². The van der Waals surface area contributed by atoms with Gasteiger partial charge in [-0.3, -0.25) is 0 Å². The Morgan fingerprint density at radius 3 is 2.29 bits per heavy atom. The number of aryl methyl sites for hydroxylation is 1. The lowest BCUT2D eigenvalue weighted by atomic mass is 10.0. The first kappa shape index (κ1) is 16.0. The van der Waals surface area contributed by atoms with Gasteiger partial charge in [-0.1, -0.05) is 37.0 Å². The Bertz CT molecular complexity index is 637. The van der Waals surface area contributed by atoms with Crippen molar-refractivity contribution in [2.75, 3.05) is 0 Å². The number of aliphatic hydroxyl groups is 1. The Balaban J connectivity index is 2.37. The molecular weight excluding hydrogens is 311 g/mol. The molecule has 112 valence electrons. The predicted octanol–water partition coefficient (Wildman–Crippen LogP) is 4.50. The van der Waals surface area contributed by atoms with E-state index >= 15 is 0 Å². The monoisotopic (exact) mass is 326 g/mol. The molecule has 21 heavy (non-hydrogen) atoms. The SMILES string of the molecule is Cc1nnc(Oc2c(Cl)cc(CO)cc2Cl)cc1C(C)C. The van der Waals surface area contributed by atoms with Gasteiger partial charge in [0.2, 0.25) is 5.88 Å². The maximum absolute atomic E-state index is 9.11. The lowest BCUT2D eigenvalue weighted by molar-refractivity contribution is 0.281. The van der Waals surface area contributed by atoms with Crippen LogP contribution in [0.25, 0.3) is 0 Å². The minimum Gasteiger partial charge on any atom is -0.434 e. The molecule has 2 aromatic rings. The number of halogens is 2. The summed E-state index contributed by atoms with van der Waals surface area (Å²) in [5.41, 5.74) is 2.54. The molecule has 1 heterocycles. The highest BCUT2D eigenvalue weighted by Crippen LogP contribution is 2.37. The standard InChI is InChI=1S/C15H16Cl2N2O2/c1-8(2)11-6-14(19-18-9(11)3)21-15-12(16)4-10(7-20)5-13(15)17/h4-6,8,20H,7H2,1-3H3. The number of aromatic nitrogens is 2. The summed E-state index contributed by atoms with van der Waals surface area (Å²) < 4.78 is 5.67. The number of benzene rings is 1. The molecule has 0 atom stereocenters. The van der Waals surface area contributed by atoms with Crippen molar-refractivity contribution in [1.82, 2.24) is 10.2 Å². The van der Waals surface area contributed by atoms with Crippen LogP contribution in [0, 0.1) is 6.92 Å². The summed E-state index contributed by atoms with van der Waals surface area (Å²) in [5.74, 6) is 0.957. The molecule has 0 spiro atoms. The molecule has 0 fully saturated rings. The van der Waals surface area contributed by atoms with Gasteiger partial charge in [0.05, 0.1) is 22.3 Å². The van der Waals surface area contributed by atoms with E-state index in [9.17, 15) is 0 Å². The van der Waals surface area contributed by atoms with Crippen LogP contribution in [0.5, 0.6) is 11.6 Å². The summed E-state index contributed by atoms with van der Waals surface area (Å²) in [6, 6.07) is 5.04. The van der Waals surface area contributed by atoms with Crippen LogP contribution < -0.4 is 4.74 Å². The van der Waals surface area contributed by atoms with Gasteiger partial charge in [0.15, 0.2) is 5.75 Å². The molecule has 0 aliphatic carbocycles. The summed E-state index contributed by atoms with van der Waals surface area (Å²) >= 11 is 12.3. The van der Waals surface area contributed by atoms with Crippen LogP contribution in [0.1, 0.15) is 36.6 Å². The minimum absolute atomic E-state index is 0.137. The molecule has 1 aromatic carbocycles. The highest BCUT2D eigenvalue weighted by Gasteiger charge is 2.14. The van der Waals surface area contributed by atoms with E-state index in [4.69, 9.17) is 33.0 Å². The average molecular weight is 327 g/mol. The maximum Gasteiger partial charge on any atom is 0.239 e. The van der Waals surface area contributed by atoms with Gasteiger partial charge in [-0.2, -0.15) is 5.10 Å². The van der Waals surface area contributed by atoms with Gasteiger partial charge >= 0.3 is 0 Å². The van der Waals surface area contributed by atoms with E-state index in [2.05, 4.69) is 24.0 Å². The first-order chi connectivity index (χ1) is 9.92. The molecule has 4 nitrogen and oxygen atoms in total. The normalized spacial score (nSPS) is 11.0. The molecule has 0 saturated heterocycles. The average Bonchev–Trinajstić information content (AvgIpc) is 2.43. The smallest absolute Gasteiger partial charge is 0.239 e. The number of hydrogen-bond acceptors (Lipinski definition) is 4. The largest absolute Gasteiger partial charge is 0.434 e. The first-order valence-electron chi connectivity index (χ1n) is 6.53. The van der Waals surface area contributed by atoms with Crippen LogP contribution in [-0.4, -0.2) is 15.3 Å². The second-order valence-corrected chi connectivity index (χ2v) is 5.84. The second-order valence-electron chi connectivity index (χ2n) is 5.03. The van der Waals surface area contributed by atoms with Crippen molar-refractivity contribution in [3.63, 3.8) is 0 Å². The van der Waals surface area contributed by atoms with Crippen LogP contribution in [0.4, 0.5) is 0 Å². The number of nitrogens with zero attached hydrogens (tertiary/aromatic N) is 2. The van der Waals surface area contributed by atoms with Crippen molar-refractivity contribution >= 4 is 23.2 Å². The highest BCUT2D eigenvalue weighted by atomic mass is 35.5. The van der Waals surface area contributed by atoms with Crippen LogP contribution in [-0.2, 0) is 6.61 Å². The number of rotatable bonds is 4. The van der Waals surface area contributed by atoms with Crippen LogP contribution in [0.3, 0.4) is 0 Å². The van der Waals surface area contributed by atoms with Gasteiger partial charge in [-0.25, -0.2) is 0 Å². The van der Waals surface area contributed by atoms with Crippen LogP contribution in [0.2, 0.25) is 10.0 Å². The minimum atomic E-state index is -0.137. The molecule has 2 rings (SSSR count). The van der Waals surface area contributed by atoms with Crippen molar-refractivity contribution < 1.29 is 9.84 Å². The van der Waals surface area contributed by atoms with Gasteiger partial charge in [0.1, 0.15) is 0 Å². The lowest BCUT2D eigenvalue weighted by Gasteiger charge is -2.13. The second kappa shape index (κ2) is 6.60. The third-order valence-electron chi connectivity index (χ3n) is 3.06. The molecule has 1 aromatic heterocycles. The summed E-state index contributed by atoms with van der Waals surface area (Å²) in [6.45, 7) is 5.91. The fourth-order valence-electron chi connectivity index (χ4n) is 1.99. The molecule has 0 bridgehead atoms. The van der Waals surface area contributed by atoms with Gasteiger partial charge in [0.25, 0.3) is 0 Å². The molecule has 0 aliphatic heterocycles. The van der Waals surface area contributed by atoms with Crippen molar-refractivity contribution in [3.8, 4) is 11.6 Å². The number of ether oxygens (including phenoxy) is 1. The topological polar surface area (TPSA) is 55.2 Å². The van der Waals surface area contributed by atoms with Crippen molar-refractivity contribution in [2.45, 2.75) is 33.3 Å². The third-order valence-corrected chi connectivity index (χ3v) is 3.63. The summed E-state index contributed by atoms with van der Waals surface area (Å²) in [5, 5.41) is 17.8. The fourth-order valence-corrected chi connectivity index (χ4v) is 2.60.